The van der Waals surface area contributed by atoms with Crippen LogP contribution in [0.5, 0.6) is 0 Å². The summed E-state index contributed by atoms with van der Waals surface area (Å²) < 4.78 is 20.1. The Labute approximate surface area is 62.6 Å². The normalized spacial score (nSPS) is 40.6. The van der Waals surface area contributed by atoms with Crippen molar-refractivity contribution in [3.63, 3.8) is 0 Å². The Hall–Kier alpha value is -0.370. The highest BCUT2D eigenvalue weighted by Gasteiger charge is 2.23. The molecule has 0 N–H and O–H groups in total. The molecule has 0 saturated carbocycles. The van der Waals surface area contributed by atoms with Crippen LogP contribution in [0.1, 0.15) is 13.3 Å². The van der Waals surface area contributed by atoms with E-state index in [1.807, 2.05) is 6.92 Å². The van der Waals surface area contributed by atoms with E-state index in [4.69, 9.17) is 14.8 Å². The smallest absolute Gasteiger partial charge is 0.265 e. The molecule has 1 rings (SSSR count). The van der Waals surface area contributed by atoms with Crippen LogP contribution in [0.25, 0.3) is 0 Å². The lowest BCUT2D eigenvalue weighted by molar-refractivity contribution is 0.0957. The summed E-state index contributed by atoms with van der Waals surface area (Å²) in [4.78, 5) is 0. The quantitative estimate of drug-likeness (QED) is 0.481. The maximum atomic E-state index is 10.6. The van der Waals surface area contributed by atoms with Gasteiger partial charge in [0, 0.05) is 6.42 Å². The van der Waals surface area contributed by atoms with Gasteiger partial charge in [-0.15, -0.1) is 6.42 Å². The number of hydrogen-bond acceptors (Lipinski definition) is 3. The third kappa shape index (κ3) is 1.81. The van der Waals surface area contributed by atoms with E-state index in [9.17, 15) is 4.21 Å². The van der Waals surface area contributed by atoms with Gasteiger partial charge in [0.25, 0.3) is 0 Å². The maximum Gasteiger partial charge on any atom is 0.306 e. The summed E-state index contributed by atoms with van der Waals surface area (Å²) in [5.74, 6) is 2.37. The van der Waals surface area contributed by atoms with Crippen molar-refractivity contribution in [2.24, 2.45) is 0 Å². The Kier molecular flexibility index (Phi) is 2.44. The second kappa shape index (κ2) is 3.15. The van der Waals surface area contributed by atoms with Crippen molar-refractivity contribution in [2.75, 3.05) is 0 Å². The number of terminal acetylenes is 1. The predicted octanol–water partition coefficient (Wildman–Crippen LogP) is 0.392. The van der Waals surface area contributed by atoms with E-state index < -0.39 is 11.4 Å². The third-order valence-corrected chi connectivity index (χ3v) is 2.04. The summed E-state index contributed by atoms with van der Waals surface area (Å²) in [7, 11) is 0. The lowest BCUT2D eigenvalue weighted by atomic mass is 10.2. The molecule has 0 aromatic carbocycles. The molecule has 3 unspecified atom stereocenters. The fourth-order valence-electron chi connectivity index (χ4n) is 0.728. The summed E-state index contributed by atoms with van der Waals surface area (Å²) in [5.41, 5.74) is 0. The van der Waals surface area contributed by atoms with Gasteiger partial charge >= 0.3 is 11.4 Å². The van der Waals surface area contributed by atoms with E-state index in [2.05, 4.69) is 5.92 Å². The van der Waals surface area contributed by atoms with Crippen LogP contribution in [-0.4, -0.2) is 16.4 Å². The first-order valence-electron chi connectivity index (χ1n) is 2.94. The van der Waals surface area contributed by atoms with E-state index in [1.54, 1.807) is 0 Å². The minimum atomic E-state index is -1.64. The van der Waals surface area contributed by atoms with E-state index in [0.29, 0.717) is 6.42 Å². The van der Waals surface area contributed by atoms with E-state index >= 15 is 0 Å². The van der Waals surface area contributed by atoms with Crippen LogP contribution in [0.2, 0.25) is 0 Å². The lowest BCUT2D eigenvalue weighted by Gasteiger charge is -2.21. The number of hydrogen-bond donors (Lipinski definition) is 0. The zero-order valence-corrected chi connectivity index (χ0v) is 6.39. The van der Waals surface area contributed by atoms with E-state index in [1.165, 1.54) is 0 Å². The molecule has 3 atom stereocenters. The fraction of sp³-hybridized carbons (Fsp3) is 0.667. The van der Waals surface area contributed by atoms with Crippen LogP contribution in [0.15, 0.2) is 0 Å². The molecular weight excluding hydrogens is 152 g/mol. The molecule has 3 nitrogen and oxygen atoms in total. The monoisotopic (exact) mass is 160 g/mol. The molecule has 1 fully saturated rings. The zero-order chi connectivity index (χ0) is 7.56. The standard InChI is InChI=1S/C6H8O3S/c1-3-6-4-5(2)8-10(7)9-6/h1,5-6H,4H2,2H3. The zero-order valence-electron chi connectivity index (χ0n) is 5.57. The highest BCUT2D eigenvalue weighted by atomic mass is 32.2. The number of rotatable bonds is 0. The Morgan fingerprint density at radius 2 is 2.40 bits per heavy atom. The van der Waals surface area contributed by atoms with E-state index in [-0.39, 0.29) is 12.2 Å². The maximum absolute atomic E-state index is 10.6. The van der Waals surface area contributed by atoms with Crippen molar-refractivity contribution in [3.05, 3.63) is 0 Å². The van der Waals surface area contributed by atoms with Crippen LogP contribution < -0.4 is 0 Å². The van der Waals surface area contributed by atoms with Crippen LogP contribution in [0.4, 0.5) is 0 Å². The van der Waals surface area contributed by atoms with Gasteiger partial charge in [0.1, 0.15) is 6.10 Å². The van der Waals surface area contributed by atoms with Crippen LogP contribution in [-0.2, 0) is 19.7 Å². The predicted molar refractivity (Wildman–Crippen MR) is 37.0 cm³/mol. The summed E-state index contributed by atoms with van der Waals surface area (Å²) in [6.07, 6.45) is 5.25. The molecule has 1 aliphatic rings. The Balaban J connectivity index is 2.52. The van der Waals surface area contributed by atoms with Gasteiger partial charge < -0.3 is 0 Å². The fourth-order valence-corrected chi connectivity index (χ4v) is 1.44. The average molecular weight is 160 g/mol. The average Bonchev–Trinajstić information content (AvgIpc) is 1.85. The van der Waals surface area contributed by atoms with Gasteiger partial charge in [-0.1, -0.05) is 5.92 Å². The molecule has 0 amide bonds. The first-order chi connectivity index (χ1) is 4.72. The van der Waals surface area contributed by atoms with Crippen molar-refractivity contribution in [3.8, 4) is 12.3 Å². The van der Waals surface area contributed by atoms with Crippen molar-refractivity contribution >= 4 is 11.4 Å². The first-order valence-corrected chi connectivity index (χ1v) is 3.94. The molecule has 56 valence electrons. The summed E-state index contributed by atoms with van der Waals surface area (Å²) in [6.45, 7) is 1.81. The van der Waals surface area contributed by atoms with Crippen LogP contribution in [0, 0.1) is 12.3 Å². The minimum absolute atomic E-state index is 0.0735. The summed E-state index contributed by atoms with van der Waals surface area (Å²) >= 11 is -1.64. The van der Waals surface area contributed by atoms with Gasteiger partial charge in [0.2, 0.25) is 0 Å². The molecule has 0 spiro atoms. The van der Waals surface area contributed by atoms with Crippen molar-refractivity contribution in [1.29, 1.82) is 0 Å². The summed E-state index contributed by atoms with van der Waals surface area (Å²) in [6, 6.07) is 0. The Morgan fingerprint density at radius 1 is 1.70 bits per heavy atom. The minimum Gasteiger partial charge on any atom is -0.265 e. The van der Waals surface area contributed by atoms with E-state index in [0.717, 1.165) is 0 Å². The molecular formula is C6H8O3S. The highest BCUT2D eigenvalue weighted by Crippen LogP contribution is 2.15. The van der Waals surface area contributed by atoms with Gasteiger partial charge in [-0.25, -0.2) is 0 Å². The molecule has 1 saturated heterocycles. The molecule has 0 radical (unpaired) electrons. The molecule has 4 heteroatoms. The third-order valence-electron chi connectivity index (χ3n) is 1.17. The highest BCUT2D eigenvalue weighted by molar-refractivity contribution is 7.75. The van der Waals surface area contributed by atoms with Gasteiger partial charge in [-0.05, 0) is 6.92 Å². The molecule has 1 heterocycles. The Morgan fingerprint density at radius 3 is 2.90 bits per heavy atom. The van der Waals surface area contributed by atoms with Crippen molar-refractivity contribution in [1.82, 2.24) is 0 Å². The van der Waals surface area contributed by atoms with Crippen LogP contribution in [0.3, 0.4) is 0 Å². The van der Waals surface area contributed by atoms with Crippen LogP contribution >= 0.6 is 0 Å². The van der Waals surface area contributed by atoms with Crippen molar-refractivity contribution < 1.29 is 12.6 Å². The molecule has 0 aromatic heterocycles. The largest absolute Gasteiger partial charge is 0.306 e. The Bertz CT molecular complexity index is 184. The molecule has 0 bridgehead atoms. The molecule has 10 heavy (non-hydrogen) atoms. The summed E-state index contributed by atoms with van der Waals surface area (Å²) in [5, 5.41) is 0. The topological polar surface area (TPSA) is 35.5 Å². The van der Waals surface area contributed by atoms with Gasteiger partial charge in [0.15, 0.2) is 0 Å². The molecule has 1 aliphatic heterocycles. The van der Waals surface area contributed by atoms with Crippen molar-refractivity contribution in [2.45, 2.75) is 25.6 Å². The SMILES string of the molecule is C#CC1CC(C)OS(=O)O1. The second-order valence-corrected chi connectivity index (χ2v) is 2.89. The van der Waals surface area contributed by atoms with Gasteiger partial charge in [-0.2, -0.15) is 4.21 Å². The molecule has 0 aromatic rings. The second-order valence-electron chi connectivity index (χ2n) is 2.10. The lowest BCUT2D eigenvalue weighted by Crippen LogP contribution is -2.28. The van der Waals surface area contributed by atoms with Gasteiger partial charge in [0.05, 0.1) is 6.10 Å². The molecule has 0 aliphatic carbocycles. The first kappa shape index (κ1) is 7.73. The van der Waals surface area contributed by atoms with Gasteiger partial charge in [-0.3, -0.25) is 8.37 Å².